The largest absolute Gasteiger partial charge is 0.462 e. The smallest absolute Gasteiger partial charge is 0.302 e. The Kier molecular flexibility index (Phi) is 5.03. The van der Waals surface area contributed by atoms with E-state index < -0.39 is 11.0 Å². The first-order valence-corrected chi connectivity index (χ1v) is 12.9. The van der Waals surface area contributed by atoms with Crippen LogP contribution in [0.25, 0.3) is 0 Å². The number of carbonyl (C=O) groups excluding carboxylic acids is 3. The molecule has 5 heteroatoms. The van der Waals surface area contributed by atoms with Crippen LogP contribution in [-0.4, -0.2) is 34.3 Å². The Morgan fingerprint density at radius 3 is 2.38 bits per heavy atom. The molecule has 5 rings (SSSR count). The van der Waals surface area contributed by atoms with Crippen molar-refractivity contribution in [1.29, 1.82) is 0 Å². The summed E-state index contributed by atoms with van der Waals surface area (Å²) in [4.78, 5) is 38.3. The molecule has 1 N–H and O–H groups in total. The highest BCUT2D eigenvalue weighted by Crippen LogP contribution is 2.74. The second-order valence-corrected chi connectivity index (χ2v) is 12.4. The zero-order valence-electron chi connectivity index (χ0n) is 20.2. The molecule has 5 aliphatic rings. The topological polar surface area (TPSA) is 80.7 Å². The van der Waals surface area contributed by atoms with Gasteiger partial charge in [-0.25, -0.2) is 0 Å². The van der Waals surface area contributed by atoms with Gasteiger partial charge in [0.05, 0.1) is 0 Å². The van der Waals surface area contributed by atoms with Gasteiger partial charge in [0.25, 0.3) is 0 Å². The molecule has 0 saturated heterocycles. The van der Waals surface area contributed by atoms with E-state index in [2.05, 4.69) is 13.8 Å². The summed E-state index contributed by atoms with van der Waals surface area (Å²) in [5.41, 5.74) is -2.15. The lowest BCUT2D eigenvalue weighted by atomic mass is 9.41. The Morgan fingerprint density at radius 1 is 0.969 bits per heavy atom. The van der Waals surface area contributed by atoms with Gasteiger partial charge in [-0.2, -0.15) is 0 Å². The second-order valence-electron chi connectivity index (χ2n) is 12.4. The van der Waals surface area contributed by atoms with Gasteiger partial charge >= 0.3 is 5.97 Å². The molecule has 0 heterocycles. The molecule has 178 valence electrons. The average Bonchev–Trinajstić information content (AvgIpc) is 3.00. The molecule has 0 radical (unpaired) electrons. The lowest BCUT2D eigenvalue weighted by Gasteiger charge is -2.64. The van der Waals surface area contributed by atoms with Crippen LogP contribution in [-0.2, 0) is 19.1 Å². The number of hydrogen-bond acceptors (Lipinski definition) is 5. The van der Waals surface area contributed by atoms with Gasteiger partial charge in [0, 0.05) is 30.6 Å². The van der Waals surface area contributed by atoms with Crippen LogP contribution in [0.5, 0.6) is 0 Å². The van der Waals surface area contributed by atoms with E-state index in [0.29, 0.717) is 36.9 Å². The third-order valence-corrected chi connectivity index (χ3v) is 11.6. The zero-order valence-corrected chi connectivity index (χ0v) is 20.2. The molecule has 32 heavy (non-hydrogen) atoms. The monoisotopic (exact) mass is 444 g/mol. The van der Waals surface area contributed by atoms with Crippen LogP contribution in [0.2, 0.25) is 0 Å². The van der Waals surface area contributed by atoms with E-state index in [1.807, 2.05) is 6.92 Å². The SMILES string of the molecule is CC(=O)OC1CCC2(C)C3CCC4(C)C(CC5CCCCC54C(C)=O)C3CC(=O)C2(O)C1. The normalized spacial score (nSPS) is 52.3. The third kappa shape index (κ3) is 2.63. The summed E-state index contributed by atoms with van der Waals surface area (Å²) in [6.45, 7) is 7.70. The zero-order chi connectivity index (χ0) is 23.1. The van der Waals surface area contributed by atoms with E-state index in [1.165, 1.54) is 13.3 Å². The lowest BCUT2D eigenvalue weighted by Crippen LogP contribution is -2.67. The predicted octanol–water partition coefficient (Wildman–Crippen LogP) is 4.63. The lowest BCUT2D eigenvalue weighted by molar-refractivity contribution is -0.219. The minimum atomic E-state index is -1.41. The van der Waals surface area contributed by atoms with Crippen LogP contribution < -0.4 is 0 Å². The number of fused-ring (bicyclic) bond motifs is 7. The van der Waals surface area contributed by atoms with Gasteiger partial charge in [-0.15, -0.1) is 0 Å². The highest BCUT2D eigenvalue weighted by Gasteiger charge is 2.72. The summed E-state index contributed by atoms with van der Waals surface area (Å²) in [6.07, 6.45) is 9.23. The van der Waals surface area contributed by atoms with Crippen molar-refractivity contribution in [2.75, 3.05) is 0 Å². The van der Waals surface area contributed by atoms with Gasteiger partial charge in [0.15, 0.2) is 5.78 Å². The van der Waals surface area contributed by atoms with E-state index in [1.54, 1.807) is 0 Å². The molecule has 0 aromatic carbocycles. The molecular weight excluding hydrogens is 404 g/mol. The van der Waals surface area contributed by atoms with E-state index in [0.717, 1.165) is 38.5 Å². The quantitative estimate of drug-likeness (QED) is 0.628. The number of aliphatic hydroxyl groups is 1. The summed E-state index contributed by atoms with van der Waals surface area (Å²) in [5, 5.41) is 11.8. The Morgan fingerprint density at radius 2 is 1.69 bits per heavy atom. The van der Waals surface area contributed by atoms with Crippen LogP contribution in [0.3, 0.4) is 0 Å². The average molecular weight is 445 g/mol. The molecule has 0 bridgehead atoms. The number of esters is 1. The van der Waals surface area contributed by atoms with Crippen molar-refractivity contribution in [3.8, 4) is 0 Å². The highest BCUT2D eigenvalue weighted by molar-refractivity contribution is 5.90. The second kappa shape index (κ2) is 7.13. The number of rotatable bonds is 2. The van der Waals surface area contributed by atoms with Gasteiger partial charge in [-0.05, 0) is 81.0 Å². The summed E-state index contributed by atoms with van der Waals surface area (Å²) >= 11 is 0. The summed E-state index contributed by atoms with van der Waals surface area (Å²) < 4.78 is 5.44. The van der Waals surface area contributed by atoms with E-state index in [4.69, 9.17) is 4.74 Å². The van der Waals surface area contributed by atoms with Crippen molar-refractivity contribution in [1.82, 2.24) is 0 Å². The van der Waals surface area contributed by atoms with Gasteiger partial charge in [-0.3, -0.25) is 14.4 Å². The Balaban J connectivity index is 1.50. The van der Waals surface area contributed by atoms with Crippen molar-refractivity contribution in [3.05, 3.63) is 0 Å². The Labute approximate surface area is 192 Å². The molecule has 5 nitrogen and oxygen atoms in total. The maximum atomic E-state index is 13.6. The first-order chi connectivity index (χ1) is 15.0. The first-order valence-electron chi connectivity index (χ1n) is 12.9. The number of Topliss-reactive ketones (excluding diaryl/α,β-unsaturated/α-hetero) is 2. The van der Waals surface area contributed by atoms with Gasteiger partial charge in [-0.1, -0.05) is 26.7 Å². The van der Waals surface area contributed by atoms with E-state index in [-0.39, 0.29) is 46.9 Å². The number of hydrogen-bond donors (Lipinski definition) is 1. The number of ether oxygens (including phenoxy) is 1. The van der Waals surface area contributed by atoms with Gasteiger partial charge in [0.1, 0.15) is 17.5 Å². The van der Waals surface area contributed by atoms with Crippen molar-refractivity contribution < 1.29 is 24.2 Å². The standard InChI is InChI=1S/C27H40O5/c1-16(28)26-10-6-5-7-18(26)13-22-20-14-23(30)27(31)15-19(32-17(2)29)8-11-25(27,4)21(20)9-12-24(22,26)3/h18-22,31H,5-15H2,1-4H3. The van der Waals surface area contributed by atoms with Crippen molar-refractivity contribution >= 4 is 17.5 Å². The minimum Gasteiger partial charge on any atom is -0.462 e. The molecule has 5 aliphatic carbocycles. The molecule has 0 spiro atoms. The van der Waals surface area contributed by atoms with Crippen LogP contribution in [0.15, 0.2) is 0 Å². The fraction of sp³-hybridized carbons (Fsp3) is 0.889. The molecule has 5 fully saturated rings. The molecule has 9 atom stereocenters. The van der Waals surface area contributed by atoms with E-state index in [9.17, 15) is 19.5 Å². The fourth-order valence-corrected chi connectivity index (χ4v) is 10.1. The Hall–Kier alpha value is -1.23. The molecular formula is C27H40O5. The molecule has 0 aromatic rings. The third-order valence-electron chi connectivity index (χ3n) is 11.6. The van der Waals surface area contributed by atoms with Crippen LogP contribution >= 0.6 is 0 Å². The maximum Gasteiger partial charge on any atom is 0.302 e. The maximum absolute atomic E-state index is 13.6. The van der Waals surface area contributed by atoms with Crippen LogP contribution in [0, 0.1) is 39.9 Å². The Bertz CT molecular complexity index is 851. The van der Waals surface area contributed by atoms with E-state index >= 15 is 0 Å². The van der Waals surface area contributed by atoms with Crippen molar-refractivity contribution in [2.45, 2.75) is 110 Å². The first kappa shape index (κ1) is 22.6. The van der Waals surface area contributed by atoms with Gasteiger partial charge in [0.2, 0.25) is 0 Å². The van der Waals surface area contributed by atoms with Crippen LogP contribution in [0.4, 0.5) is 0 Å². The van der Waals surface area contributed by atoms with Gasteiger partial charge < -0.3 is 9.84 Å². The molecule has 0 aromatic heterocycles. The minimum absolute atomic E-state index is 0.0356. The molecule has 0 aliphatic heterocycles. The predicted molar refractivity (Wildman–Crippen MR) is 120 cm³/mol. The molecule has 0 amide bonds. The number of carbonyl (C=O) groups is 3. The highest BCUT2D eigenvalue weighted by atomic mass is 16.5. The summed E-state index contributed by atoms with van der Waals surface area (Å²) in [7, 11) is 0. The van der Waals surface area contributed by atoms with Crippen LogP contribution in [0.1, 0.15) is 98.3 Å². The number of ketones is 2. The summed E-state index contributed by atoms with van der Waals surface area (Å²) in [5.74, 6) is 1.33. The summed E-state index contributed by atoms with van der Waals surface area (Å²) in [6, 6.07) is 0. The molecule has 9 unspecified atom stereocenters. The fourth-order valence-electron chi connectivity index (χ4n) is 10.1. The van der Waals surface area contributed by atoms with Crippen molar-refractivity contribution in [2.24, 2.45) is 39.9 Å². The molecule has 5 saturated carbocycles. The van der Waals surface area contributed by atoms with Crippen molar-refractivity contribution in [3.63, 3.8) is 0 Å².